The van der Waals surface area contributed by atoms with E-state index in [1.165, 1.54) is 0 Å². The van der Waals surface area contributed by atoms with Crippen LogP contribution in [0.5, 0.6) is 0 Å². The fourth-order valence-electron chi connectivity index (χ4n) is 2.45. The molecule has 0 unspecified atom stereocenters. The topological polar surface area (TPSA) is 84.5 Å². The number of halogens is 3. The number of benzene rings is 1. The number of ether oxygens (including phenoxy) is 1. The Kier molecular flexibility index (Phi) is 5.51. The fourth-order valence-corrected chi connectivity index (χ4v) is 3.75. The lowest BCUT2D eigenvalue weighted by molar-refractivity contribution is -0.138. The molecule has 24 heavy (non-hydrogen) atoms. The molecule has 134 valence electrons. The third kappa shape index (κ3) is 4.25. The SMILES string of the molecule is COC(=O)c1ccc(S(=O)(=O)N[C@H]2CCCNC2)cc1C(F)(F)F. The van der Waals surface area contributed by atoms with Crippen LogP contribution in [0.1, 0.15) is 28.8 Å². The number of methoxy groups -OCH3 is 1. The van der Waals surface area contributed by atoms with Gasteiger partial charge in [0.1, 0.15) is 0 Å². The first-order valence-electron chi connectivity index (χ1n) is 7.18. The van der Waals surface area contributed by atoms with Crippen LogP contribution < -0.4 is 10.0 Å². The number of rotatable bonds is 4. The lowest BCUT2D eigenvalue weighted by Crippen LogP contribution is -2.45. The average molecular weight is 366 g/mol. The molecule has 0 aromatic heterocycles. The largest absolute Gasteiger partial charge is 0.465 e. The zero-order chi connectivity index (χ0) is 18.0. The van der Waals surface area contributed by atoms with E-state index in [0.29, 0.717) is 19.0 Å². The summed E-state index contributed by atoms with van der Waals surface area (Å²) in [6.07, 6.45) is -3.53. The van der Waals surface area contributed by atoms with Crippen LogP contribution in [-0.2, 0) is 20.9 Å². The molecule has 0 aliphatic carbocycles. The maximum atomic E-state index is 13.1. The highest BCUT2D eigenvalue weighted by atomic mass is 32.2. The van der Waals surface area contributed by atoms with E-state index in [2.05, 4.69) is 14.8 Å². The lowest BCUT2D eigenvalue weighted by atomic mass is 10.1. The van der Waals surface area contributed by atoms with Gasteiger partial charge >= 0.3 is 12.1 Å². The van der Waals surface area contributed by atoms with Gasteiger partial charge in [0.05, 0.1) is 23.1 Å². The molecule has 1 atom stereocenters. The zero-order valence-corrected chi connectivity index (χ0v) is 13.6. The first-order valence-corrected chi connectivity index (χ1v) is 8.66. The van der Waals surface area contributed by atoms with E-state index in [1.54, 1.807) is 0 Å². The highest BCUT2D eigenvalue weighted by molar-refractivity contribution is 7.89. The van der Waals surface area contributed by atoms with Crippen molar-refractivity contribution in [1.29, 1.82) is 0 Å². The molecule has 1 aliphatic heterocycles. The highest BCUT2D eigenvalue weighted by Gasteiger charge is 2.37. The molecular weight excluding hydrogens is 349 g/mol. The van der Waals surface area contributed by atoms with Gasteiger partial charge in [-0.15, -0.1) is 0 Å². The minimum atomic E-state index is -4.89. The van der Waals surface area contributed by atoms with Gasteiger partial charge in [-0.05, 0) is 37.6 Å². The van der Waals surface area contributed by atoms with Crippen LogP contribution in [0.15, 0.2) is 23.1 Å². The predicted octanol–water partition coefficient (Wildman–Crippen LogP) is 1.52. The molecule has 0 amide bonds. The van der Waals surface area contributed by atoms with Crippen molar-refractivity contribution in [2.45, 2.75) is 30.0 Å². The van der Waals surface area contributed by atoms with Crippen molar-refractivity contribution in [3.63, 3.8) is 0 Å². The van der Waals surface area contributed by atoms with Gasteiger partial charge in [-0.25, -0.2) is 17.9 Å². The summed E-state index contributed by atoms with van der Waals surface area (Å²) in [5, 5.41) is 3.01. The van der Waals surface area contributed by atoms with Crippen molar-refractivity contribution < 1.29 is 31.1 Å². The summed E-state index contributed by atoms with van der Waals surface area (Å²) in [5.74, 6) is -1.18. The van der Waals surface area contributed by atoms with Crippen LogP contribution in [0.3, 0.4) is 0 Å². The fraction of sp³-hybridized carbons (Fsp3) is 0.500. The predicted molar refractivity (Wildman–Crippen MR) is 79.0 cm³/mol. The highest BCUT2D eigenvalue weighted by Crippen LogP contribution is 2.34. The molecule has 2 N–H and O–H groups in total. The molecule has 6 nitrogen and oxygen atoms in total. The second kappa shape index (κ2) is 7.08. The Hall–Kier alpha value is -1.65. The Morgan fingerprint density at radius 3 is 2.62 bits per heavy atom. The van der Waals surface area contributed by atoms with Crippen LogP contribution in [0.4, 0.5) is 13.2 Å². The monoisotopic (exact) mass is 366 g/mol. The third-order valence-corrected chi connectivity index (χ3v) is 5.15. The van der Waals surface area contributed by atoms with E-state index in [-0.39, 0.29) is 0 Å². The van der Waals surface area contributed by atoms with Crippen molar-refractivity contribution >= 4 is 16.0 Å². The van der Waals surface area contributed by atoms with Crippen molar-refractivity contribution in [2.24, 2.45) is 0 Å². The third-order valence-electron chi connectivity index (χ3n) is 3.63. The van der Waals surface area contributed by atoms with E-state index < -0.39 is 44.2 Å². The number of sulfonamides is 1. The zero-order valence-electron chi connectivity index (χ0n) is 12.8. The van der Waals surface area contributed by atoms with E-state index in [4.69, 9.17) is 0 Å². The van der Waals surface area contributed by atoms with Gasteiger partial charge in [0.15, 0.2) is 0 Å². The first-order chi connectivity index (χ1) is 11.1. The molecule has 1 aliphatic rings. The Balaban J connectivity index is 2.38. The summed E-state index contributed by atoms with van der Waals surface area (Å²) >= 11 is 0. The molecule has 2 rings (SSSR count). The van der Waals surface area contributed by atoms with Crippen LogP contribution >= 0.6 is 0 Å². The second-order valence-corrected chi connectivity index (χ2v) is 7.08. The van der Waals surface area contributed by atoms with Gasteiger partial charge in [0.25, 0.3) is 0 Å². The second-order valence-electron chi connectivity index (χ2n) is 5.36. The van der Waals surface area contributed by atoms with Gasteiger partial charge in [-0.2, -0.15) is 13.2 Å². The number of alkyl halides is 3. The van der Waals surface area contributed by atoms with E-state index in [1.807, 2.05) is 0 Å². The van der Waals surface area contributed by atoms with E-state index in [9.17, 15) is 26.4 Å². The molecule has 1 heterocycles. The maximum absolute atomic E-state index is 13.1. The van der Waals surface area contributed by atoms with Crippen molar-refractivity contribution in [2.75, 3.05) is 20.2 Å². The summed E-state index contributed by atoms with van der Waals surface area (Å²) < 4.78 is 70.7. The Morgan fingerprint density at radius 2 is 2.08 bits per heavy atom. The van der Waals surface area contributed by atoms with Gasteiger partial charge < -0.3 is 10.1 Å². The Labute approximate surface area is 137 Å². The van der Waals surface area contributed by atoms with Crippen LogP contribution in [0.2, 0.25) is 0 Å². The van der Waals surface area contributed by atoms with Gasteiger partial charge in [0.2, 0.25) is 10.0 Å². The van der Waals surface area contributed by atoms with E-state index >= 15 is 0 Å². The molecular formula is C14H17F3N2O4S. The smallest absolute Gasteiger partial charge is 0.417 e. The number of piperidine rings is 1. The van der Waals surface area contributed by atoms with Gasteiger partial charge in [-0.3, -0.25) is 0 Å². The molecule has 0 bridgehead atoms. The molecule has 0 radical (unpaired) electrons. The molecule has 1 saturated heterocycles. The number of nitrogens with one attached hydrogen (secondary N) is 2. The molecule has 0 saturated carbocycles. The molecule has 1 fully saturated rings. The number of hydrogen-bond donors (Lipinski definition) is 2. The lowest BCUT2D eigenvalue weighted by Gasteiger charge is -2.24. The standard InChI is InChI=1S/C14H17F3N2O4S/c1-23-13(20)11-5-4-10(7-12(11)14(15,16)17)24(21,22)19-9-3-2-6-18-8-9/h4-5,7,9,18-19H,2-3,6,8H2,1H3/t9-/m0/s1. The summed E-state index contributed by atoms with van der Waals surface area (Å²) in [7, 11) is -3.18. The van der Waals surface area contributed by atoms with Crippen molar-refractivity contribution in [3.05, 3.63) is 29.3 Å². The summed E-state index contributed by atoms with van der Waals surface area (Å²) in [4.78, 5) is 10.9. The normalized spacial score (nSPS) is 19.1. The first kappa shape index (κ1) is 18.7. The average Bonchev–Trinajstić information content (AvgIpc) is 2.53. The summed E-state index contributed by atoms with van der Waals surface area (Å²) in [6, 6.07) is 1.83. The molecule has 0 spiro atoms. The van der Waals surface area contributed by atoms with Crippen LogP contribution in [0, 0.1) is 0 Å². The Bertz CT molecular complexity index is 713. The summed E-state index contributed by atoms with van der Waals surface area (Å²) in [6.45, 7) is 1.18. The van der Waals surface area contributed by atoms with Gasteiger partial charge in [0, 0.05) is 12.6 Å². The molecule has 10 heteroatoms. The minimum Gasteiger partial charge on any atom is -0.465 e. The number of carbonyl (C=O) groups is 1. The van der Waals surface area contributed by atoms with Gasteiger partial charge in [-0.1, -0.05) is 0 Å². The number of carbonyl (C=O) groups excluding carboxylic acids is 1. The van der Waals surface area contributed by atoms with Crippen molar-refractivity contribution in [3.8, 4) is 0 Å². The number of esters is 1. The summed E-state index contributed by atoms with van der Waals surface area (Å²) in [5.41, 5.74) is -2.08. The van der Waals surface area contributed by atoms with Crippen molar-refractivity contribution in [1.82, 2.24) is 10.0 Å². The Morgan fingerprint density at radius 1 is 1.38 bits per heavy atom. The van der Waals surface area contributed by atoms with E-state index in [0.717, 1.165) is 32.2 Å². The molecule has 1 aromatic rings. The molecule has 1 aromatic carbocycles. The maximum Gasteiger partial charge on any atom is 0.417 e. The van der Waals surface area contributed by atoms with Crippen LogP contribution in [0.25, 0.3) is 0 Å². The quantitative estimate of drug-likeness (QED) is 0.790. The minimum absolute atomic E-state index is 0.390. The van der Waals surface area contributed by atoms with Crippen LogP contribution in [-0.4, -0.2) is 40.6 Å². The number of hydrogen-bond acceptors (Lipinski definition) is 5.